The molecule has 0 aliphatic rings. The third-order valence-corrected chi connectivity index (χ3v) is 5.91. The van der Waals surface area contributed by atoms with Gasteiger partial charge in [0, 0.05) is 46.2 Å². The molecule has 0 saturated heterocycles. The molecular weight excluding hydrogens is 457 g/mol. The first-order valence-electron chi connectivity index (χ1n) is 10.7. The molecule has 2 aromatic carbocycles. The van der Waals surface area contributed by atoms with Gasteiger partial charge in [-0.15, -0.1) is 0 Å². The number of aromatic nitrogens is 2. The van der Waals surface area contributed by atoms with Crippen molar-refractivity contribution >= 4 is 49.6 Å². The van der Waals surface area contributed by atoms with Gasteiger partial charge in [0.2, 0.25) is 0 Å². The van der Waals surface area contributed by atoms with Crippen molar-refractivity contribution in [2.24, 2.45) is 0 Å². The number of aryl methyl sites for hydroxylation is 1. The lowest BCUT2D eigenvalue weighted by Crippen LogP contribution is -2.41. The van der Waals surface area contributed by atoms with Crippen LogP contribution < -0.4 is 14.8 Å². The fourth-order valence-electron chi connectivity index (χ4n) is 3.40. The predicted octanol–water partition coefficient (Wildman–Crippen LogP) is 4.13. The molecule has 34 heavy (non-hydrogen) atoms. The van der Waals surface area contributed by atoms with Crippen LogP contribution in [0, 0.1) is 12.7 Å². The molecule has 1 heterocycles. The lowest BCUT2D eigenvalue weighted by atomic mass is 10.1. The average molecular weight is 488 g/mol. The molecule has 0 fully saturated rings. The summed E-state index contributed by atoms with van der Waals surface area (Å²) in [7, 11) is -0.757. The normalized spacial score (nSPS) is 13.9. The van der Waals surface area contributed by atoms with E-state index in [4.69, 9.17) is 4.74 Å². The number of amides is 1. The predicted molar refractivity (Wildman–Crippen MR) is 137 cm³/mol. The molecule has 8 nitrogen and oxygen atoms in total. The molecule has 0 saturated carbocycles. The van der Waals surface area contributed by atoms with Crippen molar-refractivity contribution in [2.75, 3.05) is 23.3 Å². The Hall–Kier alpha value is -3.40. The minimum atomic E-state index is -2.45. The molecule has 0 aliphatic heterocycles. The van der Waals surface area contributed by atoms with Gasteiger partial charge in [-0.3, -0.25) is 4.79 Å². The van der Waals surface area contributed by atoms with E-state index in [9.17, 15) is 13.4 Å². The van der Waals surface area contributed by atoms with Gasteiger partial charge in [0.05, 0.1) is 11.2 Å². The number of hydrogen-bond donors (Lipinski definition) is 2. The molecule has 182 valence electrons. The van der Waals surface area contributed by atoms with E-state index in [0.29, 0.717) is 22.7 Å². The number of likely N-dealkylation sites (N-methyl/N-ethyl adjacent to an activating group) is 1. The van der Waals surface area contributed by atoms with Crippen LogP contribution in [0.25, 0.3) is 10.9 Å². The largest absolute Gasteiger partial charge is 0.479 e. The molecule has 3 rings (SSSR count). The van der Waals surface area contributed by atoms with Crippen LogP contribution in [0.4, 0.5) is 21.6 Å². The number of nitrogens with one attached hydrogen (secondary N) is 2. The minimum Gasteiger partial charge on any atom is -0.479 e. The molecule has 3 aromatic rings. The summed E-state index contributed by atoms with van der Waals surface area (Å²) >= 11 is 0. The Morgan fingerprint density at radius 2 is 1.91 bits per heavy atom. The van der Waals surface area contributed by atoms with Gasteiger partial charge in [0.1, 0.15) is 23.7 Å². The van der Waals surface area contributed by atoms with Crippen LogP contribution in [0.15, 0.2) is 36.7 Å². The van der Waals surface area contributed by atoms with Crippen LogP contribution in [-0.2, 0) is 14.5 Å². The highest BCUT2D eigenvalue weighted by atomic mass is 32.2. The maximum absolute atomic E-state index is 14.1. The molecule has 1 unspecified atom stereocenters. The first-order chi connectivity index (χ1) is 15.9. The Bertz CT molecular complexity index is 1330. The van der Waals surface area contributed by atoms with E-state index < -0.39 is 21.6 Å². The molecule has 1 amide bonds. The SMILES string of the molecule is C=S(C)(=O)Nc1cc(C)c2c(Nc3ccc(F)cc3O[C@H](C)C(=O)N(C)C(C)C)ncnc2c1. The molecule has 0 bridgehead atoms. The van der Waals surface area contributed by atoms with Crippen molar-refractivity contribution in [1.82, 2.24) is 14.9 Å². The van der Waals surface area contributed by atoms with Gasteiger partial charge in [0.15, 0.2) is 6.10 Å². The van der Waals surface area contributed by atoms with E-state index in [-0.39, 0.29) is 17.7 Å². The van der Waals surface area contributed by atoms with Crippen molar-refractivity contribution in [2.45, 2.75) is 39.8 Å². The van der Waals surface area contributed by atoms with Crippen LogP contribution in [0.1, 0.15) is 26.3 Å². The summed E-state index contributed by atoms with van der Waals surface area (Å²) in [5, 5.41) is 3.93. The lowest BCUT2D eigenvalue weighted by molar-refractivity contribution is -0.138. The van der Waals surface area contributed by atoms with Gasteiger partial charge in [-0.1, -0.05) is 0 Å². The van der Waals surface area contributed by atoms with Crippen molar-refractivity contribution in [3.05, 3.63) is 48.0 Å². The number of carbonyl (C=O) groups excluding carboxylic acids is 1. The van der Waals surface area contributed by atoms with E-state index in [1.165, 1.54) is 30.8 Å². The molecule has 10 heteroatoms. The minimum absolute atomic E-state index is 0.00275. The van der Waals surface area contributed by atoms with E-state index >= 15 is 0 Å². The number of halogens is 1. The standard InChI is InChI=1S/C24H30FN5O3S/c1-14(2)30(5)24(31)16(4)33-21-11-17(25)8-9-19(21)28-23-22-15(3)10-18(29-34(6,7)32)12-20(22)26-13-27-23/h8-14,16H,6H2,1-5,7H3,(H,29,32)(H,26,27,28)/t16-,34?/m1/s1. The van der Waals surface area contributed by atoms with Crippen LogP contribution >= 0.6 is 0 Å². The Morgan fingerprint density at radius 1 is 1.21 bits per heavy atom. The van der Waals surface area contributed by atoms with Crippen LogP contribution in [0.3, 0.4) is 0 Å². The number of rotatable bonds is 8. The van der Waals surface area contributed by atoms with Gasteiger partial charge < -0.3 is 19.7 Å². The highest BCUT2D eigenvalue weighted by Gasteiger charge is 2.22. The number of anilines is 3. The van der Waals surface area contributed by atoms with E-state index in [2.05, 4.69) is 25.9 Å². The zero-order chi connectivity index (χ0) is 25.2. The summed E-state index contributed by atoms with van der Waals surface area (Å²) in [5.74, 6) is 3.58. The van der Waals surface area contributed by atoms with Gasteiger partial charge in [-0.25, -0.2) is 18.6 Å². The molecule has 1 aromatic heterocycles. The van der Waals surface area contributed by atoms with Crippen molar-refractivity contribution in [3.8, 4) is 5.75 Å². The van der Waals surface area contributed by atoms with E-state index in [0.717, 1.165) is 10.9 Å². The van der Waals surface area contributed by atoms with Crippen LogP contribution in [0.5, 0.6) is 5.75 Å². The topological polar surface area (TPSA) is 96.5 Å². The summed E-state index contributed by atoms with van der Waals surface area (Å²) in [6.07, 6.45) is 2.09. The smallest absolute Gasteiger partial charge is 0.263 e. The number of nitrogens with zero attached hydrogens (tertiary/aromatic N) is 3. The molecule has 2 N–H and O–H groups in total. The van der Waals surface area contributed by atoms with Crippen molar-refractivity contribution in [1.29, 1.82) is 0 Å². The van der Waals surface area contributed by atoms with Gasteiger partial charge in [-0.2, -0.15) is 0 Å². The second-order valence-corrected chi connectivity index (χ2v) is 10.8. The Morgan fingerprint density at radius 3 is 2.56 bits per heavy atom. The number of benzene rings is 2. The average Bonchev–Trinajstić information content (AvgIpc) is 2.73. The summed E-state index contributed by atoms with van der Waals surface area (Å²) in [6.45, 7) is 7.31. The first-order valence-corrected chi connectivity index (χ1v) is 12.8. The first kappa shape index (κ1) is 25.2. The quantitative estimate of drug-likeness (QED) is 0.464. The maximum Gasteiger partial charge on any atom is 0.263 e. The second-order valence-electron chi connectivity index (χ2n) is 8.59. The fourth-order valence-corrected chi connectivity index (χ4v) is 4.02. The van der Waals surface area contributed by atoms with Crippen molar-refractivity contribution < 1.29 is 18.1 Å². The summed E-state index contributed by atoms with van der Waals surface area (Å²) in [6, 6.07) is 7.65. The van der Waals surface area contributed by atoms with E-state index in [1.54, 1.807) is 24.9 Å². The Kier molecular flexibility index (Phi) is 7.30. The molecule has 0 radical (unpaired) electrons. The molecular formula is C24H30FN5O3S. The zero-order valence-corrected chi connectivity index (χ0v) is 21.0. The third kappa shape index (κ3) is 5.93. The number of fused-ring (bicyclic) bond motifs is 1. The monoisotopic (exact) mass is 487 g/mol. The maximum atomic E-state index is 14.1. The van der Waals surface area contributed by atoms with E-state index in [1.807, 2.05) is 26.8 Å². The highest BCUT2D eigenvalue weighted by molar-refractivity contribution is 8.00. The zero-order valence-electron chi connectivity index (χ0n) is 20.2. The second kappa shape index (κ2) is 9.84. The molecule has 0 aliphatic carbocycles. The number of hydrogen-bond acceptors (Lipinski definition) is 6. The lowest BCUT2D eigenvalue weighted by Gasteiger charge is -2.26. The molecule has 2 atom stereocenters. The summed E-state index contributed by atoms with van der Waals surface area (Å²) < 4.78 is 34.9. The van der Waals surface area contributed by atoms with Gasteiger partial charge in [-0.05, 0) is 63.4 Å². The van der Waals surface area contributed by atoms with Crippen LogP contribution in [0.2, 0.25) is 0 Å². The Balaban J connectivity index is 1.97. The molecule has 0 spiro atoms. The fraction of sp³-hybridized carbons (Fsp3) is 0.333. The number of ether oxygens (including phenoxy) is 1. The third-order valence-electron chi connectivity index (χ3n) is 5.24. The Labute approximate surface area is 199 Å². The van der Waals surface area contributed by atoms with Gasteiger partial charge >= 0.3 is 0 Å². The summed E-state index contributed by atoms with van der Waals surface area (Å²) in [5.41, 5.74) is 2.53. The van der Waals surface area contributed by atoms with Crippen LogP contribution in [-0.4, -0.2) is 56.3 Å². The highest BCUT2D eigenvalue weighted by Crippen LogP contribution is 2.33. The summed E-state index contributed by atoms with van der Waals surface area (Å²) in [4.78, 5) is 22.9. The van der Waals surface area contributed by atoms with Crippen molar-refractivity contribution in [3.63, 3.8) is 0 Å². The van der Waals surface area contributed by atoms with Gasteiger partial charge in [0.25, 0.3) is 5.91 Å². The number of carbonyl (C=O) groups is 1.